The normalized spacial score (nSPS) is 12.5. The number of thiophene rings is 1. The van der Waals surface area contributed by atoms with Gasteiger partial charge in [-0.1, -0.05) is 55.5 Å². The van der Waals surface area contributed by atoms with E-state index in [4.69, 9.17) is 5.11 Å². The number of nitrogens with one attached hydrogen (secondary N) is 1. The monoisotopic (exact) mass is 375 g/mol. The predicted molar refractivity (Wildman–Crippen MR) is 113 cm³/mol. The first-order chi connectivity index (χ1) is 13.1. The van der Waals surface area contributed by atoms with Crippen LogP contribution < -0.4 is 5.32 Å². The predicted octanol–water partition coefficient (Wildman–Crippen LogP) is 5.53. The molecule has 1 unspecified atom stereocenters. The van der Waals surface area contributed by atoms with Crippen molar-refractivity contribution in [1.29, 1.82) is 0 Å². The van der Waals surface area contributed by atoms with Gasteiger partial charge in [0.15, 0.2) is 0 Å². The number of carboxylic acids is 1. The van der Waals surface area contributed by atoms with Gasteiger partial charge < -0.3 is 10.4 Å². The van der Waals surface area contributed by atoms with Gasteiger partial charge in [0.2, 0.25) is 0 Å². The second-order valence-electron chi connectivity index (χ2n) is 6.86. The Labute approximate surface area is 162 Å². The maximum atomic E-state index is 10.9. The number of fused-ring (bicyclic) bond motifs is 2. The minimum Gasteiger partial charge on any atom is -0.481 e. The van der Waals surface area contributed by atoms with Crippen molar-refractivity contribution in [1.82, 2.24) is 5.32 Å². The summed E-state index contributed by atoms with van der Waals surface area (Å²) in [5, 5.41) is 16.0. The molecule has 4 aromatic rings. The number of hydrogen-bond donors (Lipinski definition) is 2. The zero-order chi connectivity index (χ0) is 18.8. The molecule has 27 heavy (non-hydrogen) atoms. The zero-order valence-corrected chi connectivity index (χ0v) is 15.9. The molecule has 0 aliphatic rings. The van der Waals surface area contributed by atoms with E-state index in [-0.39, 0.29) is 5.92 Å². The molecule has 4 heteroatoms. The molecule has 0 spiro atoms. The van der Waals surface area contributed by atoms with Gasteiger partial charge in [0.1, 0.15) is 0 Å². The maximum absolute atomic E-state index is 10.9. The summed E-state index contributed by atoms with van der Waals surface area (Å²) in [6.45, 7) is 2.88. The van der Waals surface area contributed by atoms with Crippen LogP contribution in [0.15, 0.2) is 66.7 Å². The van der Waals surface area contributed by atoms with Crippen molar-refractivity contribution < 1.29 is 9.90 Å². The van der Waals surface area contributed by atoms with Crippen LogP contribution in [0.1, 0.15) is 11.8 Å². The lowest BCUT2D eigenvalue weighted by Crippen LogP contribution is -2.25. The summed E-state index contributed by atoms with van der Waals surface area (Å²) in [6, 6.07) is 23.6. The minimum absolute atomic E-state index is 0.382. The molecule has 3 nitrogen and oxygen atoms in total. The highest BCUT2D eigenvalue weighted by Crippen LogP contribution is 2.35. The van der Waals surface area contributed by atoms with E-state index in [9.17, 15) is 4.79 Å². The van der Waals surface area contributed by atoms with E-state index in [2.05, 4.69) is 72.0 Å². The van der Waals surface area contributed by atoms with Crippen molar-refractivity contribution in [3.05, 3.63) is 71.6 Å². The molecule has 4 rings (SSSR count). The average Bonchev–Trinajstić information content (AvgIpc) is 3.10. The lowest BCUT2D eigenvalue weighted by Gasteiger charge is -2.06. The molecule has 0 amide bonds. The average molecular weight is 375 g/mol. The molecule has 136 valence electrons. The van der Waals surface area contributed by atoms with E-state index in [1.54, 1.807) is 18.3 Å². The topological polar surface area (TPSA) is 49.3 Å². The smallest absolute Gasteiger partial charge is 0.307 e. The molecule has 0 radical (unpaired) electrons. The minimum atomic E-state index is -0.766. The molecule has 3 aromatic carbocycles. The third-order valence-electron chi connectivity index (χ3n) is 4.84. The van der Waals surface area contributed by atoms with Crippen LogP contribution in [0.25, 0.3) is 32.0 Å². The summed E-state index contributed by atoms with van der Waals surface area (Å²) in [5.74, 6) is -1.15. The van der Waals surface area contributed by atoms with Crippen LogP contribution in [0.3, 0.4) is 0 Å². The van der Waals surface area contributed by atoms with Gasteiger partial charge >= 0.3 is 5.97 Å². The Morgan fingerprint density at radius 2 is 1.85 bits per heavy atom. The largest absolute Gasteiger partial charge is 0.481 e. The van der Waals surface area contributed by atoms with Gasteiger partial charge in [-0.15, -0.1) is 11.3 Å². The van der Waals surface area contributed by atoms with Crippen molar-refractivity contribution in [2.45, 2.75) is 13.5 Å². The zero-order valence-electron chi connectivity index (χ0n) is 15.1. The maximum Gasteiger partial charge on any atom is 0.307 e. The molecule has 0 fully saturated rings. The fourth-order valence-corrected chi connectivity index (χ4v) is 4.37. The first-order valence-electron chi connectivity index (χ1n) is 9.06. The van der Waals surface area contributed by atoms with Crippen LogP contribution in [0.2, 0.25) is 0 Å². The van der Waals surface area contributed by atoms with Gasteiger partial charge in [0, 0.05) is 28.1 Å². The summed E-state index contributed by atoms with van der Waals surface area (Å²) >= 11 is 1.76. The molecule has 2 N–H and O–H groups in total. The first kappa shape index (κ1) is 17.7. The van der Waals surface area contributed by atoms with Gasteiger partial charge in [0.05, 0.1) is 5.92 Å². The fraction of sp³-hybridized carbons (Fsp3) is 0.174. The van der Waals surface area contributed by atoms with Gasteiger partial charge in [-0.3, -0.25) is 4.79 Å². The first-order valence-corrected chi connectivity index (χ1v) is 9.87. The summed E-state index contributed by atoms with van der Waals surface area (Å²) < 4.78 is 1.25. The van der Waals surface area contributed by atoms with Gasteiger partial charge in [-0.2, -0.15) is 0 Å². The van der Waals surface area contributed by atoms with Crippen LogP contribution in [-0.2, 0) is 11.3 Å². The molecule has 0 bridgehead atoms. The molecule has 1 atom stereocenters. The van der Waals surface area contributed by atoms with Crippen molar-refractivity contribution >= 4 is 38.2 Å². The number of rotatable bonds is 6. The molecule has 0 saturated carbocycles. The van der Waals surface area contributed by atoms with Crippen LogP contribution in [0.4, 0.5) is 0 Å². The van der Waals surface area contributed by atoms with Crippen LogP contribution in [0.5, 0.6) is 0 Å². The highest BCUT2D eigenvalue weighted by atomic mass is 32.1. The second kappa shape index (κ2) is 7.51. The summed E-state index contributed by atoms with van der Waals surface area (Å²) in [6.07, 6.45) is 0. The van der Waals surface area contributed by atoms with E-state index < -0.39 is 5.97 Å². The van der Waals surface area contributed by atoms with Gasteiger partial charge in [-0.25, -0.2) is 0 Å². The molecular formula is C23H21NO2S. The number of carbonyl (C=O) groups is 1. The number of benzene rings is 3. The van der Waals surface area contributed by atoms with Crippen molar-refractivity contribution in [3.63, 3.8) is 0 Å². The third kappa shape index (κ3) is 3.72. The quantitative estimate of drug-likeness (QED) is 0.466. The lowest BCUT2D eigenvalue weighted by molar-refractivity contribution is -0.140. The molecule has 1 heterocycles. The van der Waals surface area contributed by atoms with Crippen LogP contribution in [-0.4, -0.2) is 17.6 Å². The summed E-state index contributed by atoms with van der Waals surface area (Å²) in [5.41, 5.74) is 2.45. The Kier molecular flexibility index (Phi) is 4.92. The van der Waals surface area contributed by atoms with E-state index >= 15 is 0 Å². The summed E-state index contributed by atoms with van der Waals surface area (Å²) in [7, 11) is 0. The van der Waals surface area contributed by atoms with E-state index in [0.29, 0.717) is 13.1 Å². The highest BCUT2D eigenvalue weighted by Gasteiger charge is 2.11. The SMILES string of the molecule is CC(CNCc1cc2c(-c3ccc4ccccc4c3)cccc2s1)C(=O)O. The number of aliphatic carboxylic acids is 1. The van der Waals surface area contributed by atoms with Crippen LogP contribution in [0, 0.1) is 5.92 Å². The fourth-order valence-electron chi connectivity index (χ4n) is 3.31. The van der Waals surface area contributed by atoms with E-state index in [1.165, 1.54) is 36.9 Å². The Hall–Kier alpha value is -2.69. The third-order valence-corrected chi connectivity index (χ3v) is 5.94. The molecule has 1 aromatic heterocycles. The standard InChI is InChI=1S/C23H21NO2S/c1-15(23(25)26)13-24-14-19-12-21-20(7-4-8-22(21)27-19)18-10-9-16-5-2-3-6-17(16)11-18/h2-12,15,24H,13-14H2,1H3,(H,25,26). The van der Waals surface area contributed by atoms with Crippen molar-refractivity contribution in [3.8, 4) is 11.1 Å². The lowest BCUT2D eigenvalue weighted by atomic mass is 9.99. The Morgan fingerprint density at radius 3 is 2.67 bits per heavy atom. The van der Waals surface area contributed by atoms with E-state index in [1.807, 2.05) is 0 Å². The highest BCUT2D eigenvalue weighted by molar-refractivity contribution is 7.19. The number of carboxylic acid groups (broad SMARTS) is 1. The van der Waals surface area contributed by atoms with Gasteiger partial charge in [-0.05, 0) is 40.1 Å². The molecular weight excluding hydrogens is 354 g/mol. The Bertz CT molecular complexity index is 1120. The number of hydrogen-bond acceptors (Lipinski definition) is 3. The second-order valence-corrected chi connectivity index (χ2v) is 8.03. The van der Waals surface area contributed by atoms with Crippen LogP contribution >= 0.6 is 11.3 Å². The van der Waals surface area contributed by atoms with Crippen molar-refractivity contribution in [2.75, 3.05) is 6.54 Å². The van der Waals surface area contributed by atoms with Gasteiger partial charge in [0.25, 0.3) is 0 Å². The Morgan fingerprint density at radius 1 is 1.04 bits per heavy atom. The molecule has 0 aliphatic heterocycles. The molecule has 0 saturated heterocycles. The summed E-state index contributed by atoms with van der Waals surface area (Å²) in [4.78, 5) is 12.2. The van der Waals surface area contributed by atoms with E-state index in [0.717, 1.165) is 0 Å². The molecule has 0 aliphatic carbocycles. The Balaban J connectivity index is 1.63. The van der Waals surface area contributed by atoms with Crippen molar-refractivity contribution in [2.24, 2.45) is 5.92 Å².